The highest BCUT2D eigenvalue weighted by Gasteiger charge is 2.13. The molecule has 17 heavy (non-hydrogen) atoms. The average molecular weight is 248 g/mol. The van der Waals surface area contributed by atoms with Crippen LogP contribution < -0.4 is 4.74 Å². The van der Waals surface area contributed by atoms with Crippen molar-refractivity contribution in [2.45, 2.75) is 0 Å². The molecular formula is C13H10ClNO2. The largest absolute Gasteiger partial charge is 0.497 e. The molecule has 3 nitrogen and oxygen atoms in total. The summed E-state index contributed by atoms with van der Waals surface area (Å²) in [7, 11) is 1.55. The SMILES string of the molecule is COc1ccc(C(=O)c2cccnc2)c(Cl)c1. The van der Waals surface area contributed by atoms with Crippen LogP contribution in [0.25, 0.3) is 0 Å². The Labute approximate surface area is 104 Å². The molecule has 86 valence electrons. The van der Waals surface area contributed by atoms with Gasteiger partial charge in [0.2, 0.25) is 0 Å². The van der Waals surface area contributed by atoms with Crippen LogP contribution in [0.15, 0.2) is 42.7 Å². The molecule has 0 aliphatic heterocycles. The van der Waals surface area contributed by atoms with Crippen molar-refractivity contribution in [2.24, 2.45) is 0 Å². The van der Waals surface area contributed by atoms with Crippen LogP contribution in [0.3, 0.4) is 0 Å². The Morgan fingerprint density at radius 1 is 1.35 bits per heavy atom. The van der Waals surface area contributed by atoms with Crippen LogP contribution >= 0.6 is 11.6 Å². The third-order valence-electron chi connectivity index (χ3n) is 2.34. The zero-order valence-corrected chi connectivity index (χ0v) is 9.94. The lowest BCUT2D eigenvalue weighted by Gasteiger charge is -2.05. The summed E-state index contributed by atoms with van der Waals surface area (Å²) in [5.41, 5.74) is 0.958. The summed E-state index contributed by atoms with van der Waals surface area (Å²) in [6.07, 6.45) is 3.13. The van der Waals surface area contributed by atoms with Crippen LogP contribution in [0, 0.1) is 0 Å². The van der Waals surface area contributed by atoms with Gasteiger partial charge in [0.05, 0.1) is 12.1 Å². The summed E-state index contributed by atoms with van der Waals surface area (Å²) >= 11 is 6.03. The van der Waals surface area contributed by atoms with Gasteiger partial charge in [-0.2, -0.15) is 0 Å². The van der Waals surface area contributed by atoms with E-state index in [1.165, 1.54) is 6.20 Å². The van der Waals surface area contributed by atoms with Gasteiger partial charge >= 0.3 is 0 Å². The van der Waals surface area contributed by atoms with E-state index >= 15 is 0 Å². The number of rotatable bonds is 3. The quantitative estimate of drug-likeness (QED) is 0.783. The number of benzene rings is 1. The first kappa shape index (κ1) is 11.6. The number of carbonyl (C=O) groups excluding carboxylic acids is 1. The Morgan fingerprint density at radius 2 is 2.18 bits per heavy atom. The molecule has 0 fully saturated rings. The third kappa shape index (κ3) is 2.45. The topological polar surface area (TPSA) is 39.2 Å². The van der Waals surface area contributed by atoms with Gasteiger partial charge in [0.1, 0.15) is 5.75 Å². The first-order chi connectivity index (χ1) is 8.22. The lowest BCUT2D eigenvalue weighted by atomic mass is 10.1. The number of nitrogens with zero attached hydrogens (tertiary/aromatic N) is 1. The Balaban J connectivity index is 2.38. The summed E-state index contributed by atoms with van der Waals surface area (Å²) in [5, 5.41) is 0.373. The van der Waals surface area contributed by atoms with E-state index in [2.05, 4.69) is 4.98 Å². The van der Waals surface area contributed by atoms with Gasteiger partial charge in [-0.05, 0) is 30.3 Å². The van der Waals surface area contributed by atoms with Crippen LogP contribution in [0.2, 0.25) is 5.02 Å². The number of pyridine rings is 1. The molecule has 0 atom stereocenters. The summed E-state index contributed by atoms with van der Waals surface area (Å²) < 4.78 is 5.03. The molecule has 0 spiro atoms. The molecule has 2 rings (SSSR count). The number of ketones is 1. The lowest BCUT2D eigenvalue weighted by molar-refractivity contribution is 0.103. The molecule has 0 unspecified atom stereocenters. The minimum atomic E-state index is -0.147. The second-order valence-electron chi connectivity index (χ2n) is 3.42. The molecule has 0 saturated carbocycles. The molecule has 0 bridgehead atoms. The normalized spacial score (nSPS) is 10.0. The fourth-order valence-electron chi connectivity index (χ4n) is 1.46. The Bertz CT molecular complexity index is 540. The van der Waals surface area contributed by atoms with E-state index in [9.17, 15) is 4.79 Å². The second kappa shape index (κ2) is 4.97. The first-order valence-corrected chi connectivity index (χ1v) is 5.38. The molecule has 0 saturated heterocycles. The van der Waals surface area contributed by atoms with Gasteiger partial charge in [-0.3, -0.25) is 9.78 Å². The molecule has 0 amide bonds. The first-order valence-electron chi connectivity index (χ1n) is 5.00. The van der Waals surface area contributed by atoms with Crippen molar-refractivity contribution in [3.05, 3.63) is 58.9 Å². The van der Waals surface area contributed by atoms with E-state index in [0.29, 0.717) is 21.9 Å². The van der Waals surface area contributed by atoms with Gasteiger partial charge < -0.3 is 4.74 Å². The highest BCUT2D eigenvalue weighted by molar-refractivity contribution is 6.35. The predicted molar refractivity (Wildman–Crippen MR) is 65.7 cm³/mol. The van der Waals surface area contributed by atoms with E-state index < -0.39 is 0 Å². The highest BCUT2D eigenvalue weighted by atomic mass is 35.5. The minimum absolute atomic E-state index is 0.147. The van der Waals surface area contributed by atoms with Crippen LogP contribution in [0.1, 0.15) is 15.9 Å². The fraction of sp³-hybridized carbons (Fsp3) is 0.0769. The number of carbonyl (C=O) groups is 1. The Morgan fingerprint density at radius 3 is 2.76 bits per heavy atom. The molecule has 1 aromatic carbocycles. The monoisotopic (exact) mass is 247 g/mol. The van der Waals surface area contributed by atoms with E-state index in [4.69, 9.17) is 16.3 Å². The van der Waals surface area contributed by atoms with Crippen molar-refractivity contribution in [3.8, 4) is 5.75 Å². The zero-order chi connectivity index (χ0) is 12.3. The maximum atomic E-state index is 12.1. The van der Waals surface area contributed by atoms with E-state index in [0.717, 1.165) is 0 Å². The van der Waals surface area contributed by atoms with Crippen LogP contribution in [0.5, 0.6) is 5.75 Å². The van der Waals surface area contributed by atoms with Crippen molar-refractivity contribution in [1.82, 2.24) is 4.98 Å². The van der Waals surface area contributed by atoms with E-state index in [-0.39, 0.29) is 5.78 Å². The number of aromatic nitrogens is 1. The van der Waals surface area contributed by atoms with Crippen molar-refractivity contribution in [1.29, 1.82) is 0 Å². The summed E-state index contributed by atoms with van der Waals surface area (Å²) in [6, 6.07) is 8.39. The minimum Gasteiger partial charge on any atom is -0.497 e. The lowest BCUT2D eigenvalue weighted by Crippen LogP contribution is -2.02. The van der Waals surface area contributed by atoms with Crippen molar-refractivity contribution in [2.75, 3.05) is 7.11 Å². The van der Waals surface area contributed by atoms with Gasteiger partial charge in [-0.25, -0.2) is 0 Å². The molecule has 0 radical (unpaired) electrons. The average Bonchev–Trinajstić information content (AvgIpc) is 2.39. The summed E-state index contributed by atoms with van der Waals surface area (Å²) in [5.74, 6) is 0.475. The number of hydrogen-bond donors (Lipinski definition) is 0. The molecule has 0 aliphatic carbocycles. The summed E-state index contributed by atoms with van der Waals surface area (Å²) in [6.45, 7) is 0. The molecule has 4 heteroatoms. The van der Waals surface area contributed by atoms with Crippen LogP contribution in [-0.4, -0.2) is 17.9 Å². The molecule has 0 aliphatic rings. The van der Waals surface area contributed by atoms with Crippen molar-refractivity contribution >= 4 is 17.4 Å². The zero-order valence-electron chi connectivity index (χ0n) is 9.18. The van der Waals surface area contributed by atoms with E-state index in [1.54, 1.807) is 43.6 Å². The molecule has 1 aromatic heterocycles. The Kier molecular flexibility index (Phi) is 3.40. The molecule has 1 heterocycles. The molecular weight excluding hydrogens is 238 g/mol. The van der Waals surface area contributed by atoms with Gasteiger partial charge in [0.15, 0.2) is 5.78 Å². The third-order valence-corrected chi connectivity index (χ3v) is 2.66. The maximum absolute atomic E-state index is 12.1. The molecule has 0 N–H and O–H groups in total. The van der Waals surface area contributed by atoms with Crippen LogP contribution in [-0.2, 0) is 0 Å². The van der Waals surface area contributed by atoms with Crippen molar-refractivity contribution < 1.29 is 9.53 Å². The molecule has 2 aromatic rings. The standard InChI is InChI=1S/C13H10ClNO2/c1-17-10-4-5-11(12(14)7-10)13(16)9-3-2-6-15-8-9/h2-8H,1H3. The number of ether oxygens (including phenoxy) is 1. The van der Waals surface area contributed by atoms with Gasteiger partial charge in [-0.1, -0.05) is 11.6 Å². The van der Waals surface area contributed by atoms with Crippen molar-refractivity contribution in [3.63, 3.8) is 0 Å². The number of hydrogen-bond acceptors (Lipinski definition) is 3. The number of methoxy groups -OCH3 is 1. The second-order valence-corrected chi connectivity index (χ2v) is 3.82. The predicted octanol–water partition coefficient (Wildman–Crippen LogP) is 2.97. The van der Waals surface area contributed by atoms with Gasteiger partial charge in [0, 0.05) is 23.5 Å². The summed E-state index contributed by atoms with van der Waals surface area (Å²) in [4.78, 5) is 16.0. The highest BCUT2D eigenvalue weighted by Crippen LogP contribution is 2.24. The van der Waals surface area contributed by atoms with Crippen LogP contribution in [0.4, 0.5) is 0 Å². The van der Waals surface area contributed by atoms with E-state index in [1.807, 2.05) is 0 Å². The Hall–Kier alpha value is -1.87. The fourth-order valence-corrected chi connectivity index (χ4v) is 1.72. The number of halogens is 1. The maximum Gasteiger partial charge on any atom is 0.196 e. The smallest absolute Gasteiger partial charge is 0.196 e. The van der Waals surface area contributed by atoms with Gasteiger partial charge in [-0.15, -0.1) is 0 Å². The van der Waals surface area contributed by atoms with Gasteiger partial charge in [0.25, 0.3) is 0 Å².